The average molecular weight is 253 g/mol. The molecule has 2 rings (SSSR count). The van der Waals surface area contributed by atoms with E-state index in [1.54, 1.807) is 0 Å². The molecule has 1 fully saturated rings. The van der Waals surface area contributed by atoms with Gasteiger partial charge < -0.3 is 10.6 Å². The fourth-order valence-corrected chi connectivity index (χ4v) is 2.95. The second-order valence-corrected chi connectivity index (χ2v) is 5.62. The first-order chi connectivity index (χ1) is 8.09. The van der Waals surface area contributed by atoms with Gasteiger partial charge in [0, 0.05) is 13.1 Å². The van der Waals surface area contributed by atoms with Crippen molar-refractivity contribution < 1.29 is 0 Å². The monoisotopic (exact) mass is 252 g/mol. The Hall–Kier alpha value is -0.890. The zero-order valence-corrected chi connectivity index (χ0v) is 11.4. The number of nitrogens with two attached hydrogens (primary N) is 1. The number of hydrogen-bond acceptors (Lipinski definition) is 2. The molecule has 0 bridgehead atoms. The molecule has 0 amide bonds. The summed E-state index contributed by atoms with van der Waals surface area (Å²) < 4.78 is 0. The Bertz CT molecular complexity index is 392. The highest BCUT2D eigenvalue weighted by Gasteiger charge is 2.23. The van der Waals surface area contributed by atoms with Gasteiger partial charge in [0.2, 0.25) is 0 Å². The summed E-state index contributed by atoms with van der Waals surface area (Å²) in [6.45, 7) is 2.33. The van der Waals surface area contributed by atoms with Crippen molar-refractivity contribution in [1.82, 2.24) is 0 Å². The molecule has 2 N–H and O–H groups in total. The third kappa shape index (κ3) is 2.68. The van der Waals surface area contributed by atoms with Crippen molar-refractivity contribution in [3.63, 3.8) is 0 Å². The van der Waals surface area contributed by atoms with Gasteiger partial charge in [-0.25, -0.2) is 0 Å². The second-order valence-electron chi connectivity index (χ2n) is 5.21. The van der Waals surface area contributed by atoms with Gasteiger partial charge >= 0.3 is 0 Å². The highest BCUT2D eigenvalue weighted by Crippen LogP contribution is 2.34. The lowest BCUT2D eigenvalue weighted by atomic mass is 9.86. The predicted octanol–water partition coefficient (Wildman–Crippen LogP) is 3.94. The summed E-state index contributed by atoms with van der Waals surface area (Å²) in [6.07, 6.45) is 5.18. The number of halogens is 1. The molecule has 2 atom stereocenters. The Morgan fingerprint density at radius 3 is 2.82 bits per heavy atom. The molecule has 3 heteroatoms. The fraction of sp³-hybridized carbons (Fsp3) is 0.571. The van der Waals surface area contributed by atoms with E-state index < -0.39 is 0 Å². The molecular formula is C14H21ClN2. The van der Waals surface area contributed by atoms with Crippen LogP contribution in [0.25, 0.3) is 0 Å². The first kappa shape index (κ1) is 12.6. The largest absolute Gasteiger partial charge is 0.396 e. The van der Waals surface area contributed by atoms with Crippen LogP contribution in [-0.4, -0.2) is 13.1 Å². The molecule has 2 unspecified atom stereocenters. The zero-order chi connectivity index (χ0) is 12.4. The standard InChI is InChI=1S/C14H21ClN2/c1-10-5-3-6-11(9-10)17(2)13-8-4-7-12(15)14(13)16/h4,7-8,10-11H,3,5-6,9,16H2,1-2H3. The lowest BCUT2D eigenvalue weighted by Crippen LogP contribution is -2.35. The average Bonchev–Trinajstić information content (AvgIpc) is 2.32. The molecule has 1 aromatic rings. The topological polar surface area (TPSA) is 29.3 Å². The van der Waals surface area contributed by atoms with E-state index in [1.807, 2.05) is 12.1 Å². The highest BCUT2D eigenvalue weighted by molar-refractivity contribution is 6.33. The molecule has 0 radical (unpaired) electrons. The van der Waals surface area contributed by atoms with Gasteiger partial charge in [-0.1, -0.05) is 37.4 Å². The molecule has 0 aliphatic heterocycles. The van der Waals surface area contributed by atoms with E-state index in [1.165, 1.54) is 25.7 Å². The van der Waals surface area contributed by atoms with Crippen LogP contribution in [0, 0.1) is 5.92 Å². The summed E-state index contributed by atoms with van der Waals surface area (Å²) >= 11 is 6.07. The van der Waals surface area contributed by atoms with Gasteiger partial charge in [-0.3, -0.25) is 0 Å². The molecular weight excluding hydrogens is 232 g/mol. The minimum atomic E-state index is 0.597. The molecule has 1 aliphatic rings. The quantitative estimate of drug-likeness (QED) is 0.808. The first-order valence-corrected chi connectivity index (χ1v) is 6.74. The number of para-hydroxylation sites is 1. The lowest BCUT2D eigenvalue weighted by Gasteiger charge is -2.36. The van der Waals surface area contributed by atoms with Crippen LogP contribution in [0.1, 0.15) is 32.6 Å². The Kier molecular flexibility index (Phi) is 3.82. The molecule has 1 saturated carbocycles. The van der Waals surface area contributed by atoms with Gasteiger partial charge in [0.05, 0.1) is 16.4 Å². The number of hydrogen-bond donors (Lipinski definition) is 1. The van der Waals surface area contributed by atoms with Gasteiger partial charge in [0.1, 0.15) is 0 Å². The van der Waals surface area contributed by atoms with Crippen LogP contribution in [0.2, 0.25) is 5.02 Å². The van der Waals surface area contributed by atoms with E-state index >= 15 is 0 Å². The Labute approximate surface area is 109 Å². The van der Waals surface area contributed by atoms with Crippen LogP contribution in [0.15, 0.2) is 18.2 Å². The first-order valence-electron chi connectivity index (χ1n) is 6.36. The van der Waals surface area contributed by atoms with Crippen LogP contribution >= 0.6 is 11.6 Å². The minimum Gasteiger partial charge on any atom is -0.396 e. The molecule has 0 aromatic heterocycles. The molecule has 0 saturated heterocycles. The van der Waals surface area contributed by atoms with Crippen molar-refractivity contribution in [2.45, 2.75) is 38.6 Å². The minimum absolute atomic E-state index is 0.597. The summed E-state index contributed by atoms with van der Waals surface area (Å²) in [5.74, 6) is 0.816. The normalized spacial score (nSPS) is 24.6. The van der Waals surface area contributed by atoms with Crippen LogP contribution in [0.3, 0.4) is 0 Å². The van der Waals surface area contributed by atoms with Crippen molar-refractivity contribution >= 4 is 23.0 Å². The summed E-state index contributed by atoms with van der Waals surface area (Å²) in [5, 5.41) is 0.651. The molecule has 0 heterocycles. The summed E-state index contributed by atoms with van der Waals surface area (Å²) in [5.41, 5.74) is 7.82. The molecule has 0 spiro atoms. The third-order valence-electron chi connectivity index (χ3n) is 3.87. The van der Waals surface area contributed by atoms with Crippen LogP contribution in [0.4, 0.5) is 11.4 Å². The zero-order valence-electron chi connectivity index (χ0n) is 10.6. The summed E-state index contributed by atoms with van der Waals surface area (Å²) in [7, 11) is 2.13. The number of anilines is 2. The Morgan fingerprint density at radius 1 is 1.35 bits per heavy atom. The van der Waals surface area contributed by atoms with Crippen LogP contribution in [0.5, 0.6) is 0 Å². The van der Waals surface area contributed by atoms with Gasteiger partial charge in [0.25, 0.3) is 0 Å². The van der Waals surface area contributed by atoms with Crippen molar-refractivity contribution in [3.8, 4) is 0 Å². The molecule has 1 aliphatic carbocycles. The van der Waals surface area contributed by atoms with Crippen LogP contribution in [-0.2, 0) is 0 Å². The Balaban J connectivity index is 2.18. The van der Waals surface area contributed by atoms with Crippen molar-refractivity contribution in [1.29, 1.82) is 0 Å². The van der Waals surface area contributed by atoms with Gasteiger partial charge in [-0.15, -0.1) is 0 Å². The SMILES string of the molecule is CC1CCCC(N(C)c2cccc(Cl)c2N)C1. The summed E-state index contributed by atoms with van der Waals surface area (Å²) in [4.78, 5) is 2.30. The number of nitrogen functional groups attached to an aromatic ring is 1. The van der Waals surface area contributed by atoms with Gasteiger partial charge in [-0.05, 0) is 30.9 Å². The van der Waals surface area contributed by atoms with Crippen molar-refractivity contribution in [2.24, 2.45) is 5.92 Å². The smallest absolute Gasteiger partial charge is 0.0741 e. The van der Waals surface area contributed by atoms with Crippen molar-refractivity contribution in [3.05, 3.63) is 23.2 Å². The molecule has 94 valence electrons. The Morgan fingerprint density at radius 2 is 2.12 bits per heavy atom. The maximum Gasteiger partial charge on any atom is 0.0741 e. The lowest BCUT2D eigenvalue weighted by molar-refractivity contribution is 0.336. The van der Waals surface area contributed by atoms with Gasteiger partial charge in [-0.2, -0.15) is 0 Å². The van der Waals surface area contributed by atoms with Crippen molar-refractivity contribution in [2.75, 3.05) is 17.7 Å². The van der Waals surface area contributed by atoms with E-state index in [4.69, 9.17) is 17.3 Å². The van der Waals surface area contributed by atoms with E-state index in [0.717, 1.165) is 11.6 Å². The third-order valence-corrected chi connectivity index (χ3v) is 4.20. The fourth-order valence-electron chi connectivity index (χ4n) is 2.78. The van der Waals surface area contributed by atoms with E-state index in [2.05, 4.69) is 24.9 Å². The van der Waals surface area contributed by atoms with E-state index in [9.17, 15) is 0 Å². The summed E-state index contributed by atoms with van der Waals surface area (Å²) in [6, 6.07) is 6.47. The number of benzene rings is 1. The number of nitrogens with zero attached hydrogens (tertiary/aromatic N) is 1. The molecule has 2 nitrogen and oxygen atoms in total. The second kappa shape index (κ2) is 5.18. The number of rotatable bonds is 2. The maximum absolute atomic E-state index is 6.07. The van der Waals surface area contributed by atoms with E-state index in [-0.39, 0.29) is 0 Å². The predicted molar refractivity (Wildman–Crippen MR) is 75.7 cm³/mol. The molecule has 17 heavy (non-hydrogen) atoms. The maximum atomic E-state index is 6.07. The van der Waals surface area contributed by atoms with E-state index in [0.29, 0.717) is 16.8 Å². The van der Waals surface area contributed by atoms with Gasteiger partial charge in [0.15, 0.2) is 0 Å². The van der Waals surface area contributed by atoms with Crippen LogP contribution < -0.4 is 10.6 Å². The molecule has 1 aromatic carbocycles. The highest BCUT2D eigenvalue weighted by atomic mass is 35.5.